The van der Waals surface area contributed by atoms with Gasteiger partial charge in [0, 0.05) is 19.4 Å². The van der Waals surface area contributed by atoms with Crippen molar-refractivity contribution >= 4 is 0 Å². The van der Waals surface area contributed by atoms with Gasteiger partial charge in [-0.1, -0.05) is 19.0 Å². The summed E-state index contributed by atoms with van der Waals surface area (Å²) in [4.78, 5) is 8.80. The van der Waals surface area contributed by atoms with E-state index in [4.69, 9.17) is 9.26 Å². The number of aromatic nitrogens is 5. The Hall–Kier alpha value is -1.76. The lowest BCUT2D eigenvalue weighted by atomic mass is 10.4. The highest BCUT2D eigenvalue weighted by Gasteiger charge is 2.16. The fraction of sp³-hybridized carbons (Fsp3) is 0.692. The second-order valence-electron chi connectivity index (χ2n) is 4.45. The van der Waals surface area contributed by atoms with Gasteiger partial charge in [0.25, 0.3) is 0 Å². The van der Waals surface area contributed by atoms with Crippen LogP contribution in [0.2, 0.25) is 0 Å². The van der Waals surface area contributed by atoms with Crippen LogP contribution in [0, 0.1) is 0 Å². The maximum absolute atomic E-state index is 5.44. The minimum absolute atomic E-state index is 0.162. The average Bonchev–Trinajstić information content (AvgIpc) is 3.06. The zero-order chi connectivity index (χ0) is 14.5. The van der Waals surface area contributed by atoms with Crippen molar-refractivity contribution in [1.82, 2.24) is 24.9 Å². The van der Waals surface area contributed by atoms with Crippen molar-refractivity contribution in [3.8, 4) is 0 Å². The van der Waals surface area contributed by atoms with Crippen molar-refractivity contribution in [2.45, 2.75) is 53.2 Å². The molecule has 0 N–H and O–H groups in total. The summed E-state index contributed by atoms with van der Waals surface area (Å²) in [6.07, 6.45) is 1.48. The van der Waals surface area contributed by atoms with E-state index in [0.29, 0.717) is 24.9 Å². The lowest BCUT2D eigenvalue weighted by Crippen LogP contribution is -2.07. The molecular formula is C13H21N5O2. The van der Waals surface area contributed by atoms with Crippen LogP contribution < -0.4 is 0 Å². The van der Waals surface area contributed by atoms with Crippen LogP contribution in [-0.4, -0.2) is 31.5 Å². The van der Waals surface area contributed by atoms with Gasteiger partial charge in [0.1, 0.15) is 18.5 Å². The van der Waals surface area contributed by atoms with Crippen molar-refractivity contribution in [2.24, 2.45) is 0 Å². The van der Waals surface area contributed by atoms with Gasteiger partial charge in [0.05, 0.1) is 0 Å². The van der Waals surface area contributed by atoms with E-state index in [1.807, 2.05) is 25.5 Å². The molecule has 7 heteroatoms. The number of rotatable bonds is 7. The Balaban J connectivity index is 2.12. The number of hydrogen-bond donors (Lipinski definition) is 0. The molecule has 2 rings (SSSR count). The molecule has 0 amide bonds. The van der Waals surface area contributed by atoms with Gasteiger partial charge in [-0.3, -0.25) is 0 Å². The van der Waals surface area contributed by atoms with Gasteiger partial charge in [0.15, 0.2) is 11.6 Å². The van der Waals surface area contributed by atoms with E-state index >= 15 is 0 Å². The van der Waals surface area contributed by atoms with Crippen molar-refractivity contribution < 1.29 is 9.26 Å². The number of aryl methyl sites for hydroxylation is 2. The Morgan fingerprint density at radius 3 is 2.65 bits per heavy atom. The highest BCUT2D eigenvalue weighted by Crippen LogP contribution is 2.13. The zero-order valence-corrected chi connectivity index (χ0v) is 12.5. The molecule has 0 radical (unpaired) electrons. The predicted octanol–water partition coefficient (Wildman–Crippen LogP) is 1.93. The first-order valence-corrected chi connectivity index (χ1v) is 7.04. The molecule has 110 valence electrons. The highest BCUT2D eigenvalue weighted by atomic mass is 16.5. The van der Waals surface area contributed by atoms with E-state index < -0.39 is 0 Å². The molecule has 2 aromatic rings. The minimum atomic E-state index is -0.162. The normalized spacial score (nSPS) is 12.8. The minimum Gasteiger partial charge on any atom is -0.371 e. The maximum atomic E-state index is 5.44. The van der Waals surface area contributed by atoms with E-state index in [2.05, 4.69) is 27.1 Å². The van der Waals surface area contributed by atoms with Crippen LogP contribution in [0.5, 0.6) is 0 Å². The first-order valence-electron chi connectivity index (χ1n) is 7.04. The van der Waals surface area contributed by atoms with Gasteiger partial charge in [-0.15, -0.1) is 0 Å². The van der Waals surface area contributed by atoms with E-state index in [-0.39, 0.29) is 6.10 Å². The van der Waals surface area contributed by atoms with E-state index in [1.165, 1.54) is 0 Å². The molecule has 0 aromatic carbocycles. The molecule has 0 aliphatic rings. The Kier molecular flexibility index (Phi) is 4.84. The van der Waals surface area contributed by atoms with Crippen LogP contribution >= 0.6 is 0 Å². The van der Waals surface area contributed by atoms with E-state index in [1.54, 1.807) is 0 Å². The smallest absolute Gasteiger partial charge is 0.248 e. The monoisotopic (exact) mass is 279 g/mol. The molecule has 1 atom stereocenters. The summed E-state index contributed by atoms with van der Waals surface area (Å²) in [5.41, 5.74) is 0. The lowest BCUT2D eigenvalue weighted by Gasteiger charge is -2.04. The van der Waals surface area contributed by atoms with Crippen LogP contribution in [0.3, 0.4) is 0 Å². The fourth-order valence-corrected chi connectivity index (χ4v) is 1.91. The third kappa shape index (κ3) is 3.22. The van der Waals surface area contributed by atoms with Gasteiger partial charge >= 0.3 is 0 Å². The van der Waals surface area contributed by atoms with Crippen molar-refractivity contribution in [2.75, 3.05) is 6.61 Å². The number of ether oxygens (including phenoxy) is 1. The molecule has 7 nitrogen and oxygen atoms in total. The molecule has 0 saturated carbocycles. The molecule has 20 heavy (non-hydrogen) atoms. The standard InChI is InChI=1S/C13H21N5O2/c1-5-10-14-11(6-2)18(16-10)8-12-15-13(17-20-12)9(4)19-7-3/h9H,5-8H2,1-4H3. The second kappa shape index (κ2) is 6.60. The van der Waals surface area contributed by atoms with Crippen LogP contribution in [-0.2, 0) is 24.1 Å². The molecule has 2 heterocycles. The molecule has 1 unspecified atom stereocenters. The van der Waals surface area contributed by atoms with Crippen LogP contribution in [0.15, 0.2) is 4.52 Å². The molecule has 2 aromatic heterocycles. The van der Waals surface area contributed by atoms with Crippen molar-refractivity contribution in [3.63, 3.8) is 0 Å². The molecule has 0 bridgehead atoms. The fourth-order valence-electron chi connectivity index (χ4n) is 1.91. The summed E-state index contributed by atoms with van der Waals surface area (Å²) < 4.78 is 12.5. The summed E-state index contributed by atoms with van der Waals surface area (Å²) >= 11 is 0. The molecular weight excluding hydrogens is 258 g/mol. The summed E-state index contributed by atoms with van der Waals surface area (Å²) in [5, 5.41) is 8.37. The van der Waals surface area contributed by atoms with Gasteiger partial charge in [0.2, 0.25) is 5.89 Å². The number of hydrogen-bond acceptors (Lipinski definition) is 6. The first-order chi connectivity index (χ1) is 9.67. The maximum Gasteiger partial charge on any atom is 0.248 e. The SMILES string of the molecule is CCOC(C)c1noc(Cn2nc(CC)nc2CC)n1. The topological polar surface area (TPSA) is 78.9 Å². The van der Waals surface area contributed by atoms with E-state index in [9.17, 15) is 0 Å². The van der Waals surface area contributed by atoms with Gasteiger partial charge in [-0.25, -0.2) is 9.67 Å². The first kappa shape index (κ1) is 14.6. The van der Waals surface area contributed by atoms with Gasteiger partial charge < -0.3 is 9.26 Å². The lowest BCUT2D eigenvalue weighted by molar-refractivity contribution is 0.0683. The van der Waals surface area contributed by atoms with Crippen molar-refractivity contribution in [3.05, 3.63) is 23.4 Å². The molecule has 0 saturated heterocycles. The van der Waals surface area contributed by atoms with Crippen molar-refractivity contribution in [1.29, 1.82) is 0 Å². The van der Waals surface area contributed by atoms with Gasteiger partial charge in [-0.2, -0.15) is 10.1 Å². The Labute approximate surface area is 118 Å². The third-order valence-electron chi connectivity index (χ3n) is 2.97. The molecule has 0 fully saturated rings. The van der Waals surface area contributed by atoms with Crippen LogP contribution in [0.25, 0.3) is 0 Å². The second-order valence-corrected chi connectivity index (χ2v) is 4.45. The van der Waals surface area contributed by atoms with Crippen LogP contribution in [0.4, 0.5) is 0 Å². The third-order valence-corrected chi connectivity index (χ3v) is 2.97. The van der Waals surface area contributed by atoms with E-state index in [0.717, 1.165) is 24.5 Å². The Morgan fingerprint density at radius 1 is 1.20 bits per heavy atom. The Morgan fingerprint density at radius 2 is 2.00 bits per heavy atom. The summed E-state index contributed by atoms with van der Waals surface area (Å²) in [6, 6.07) is 0. The predicted molar refractivity (Wildman–Crippen MR) is 72.2 cm³/mol. The quantitative estimate of drug-likeness (QED) is 0.770. The number of nitrogens with zero attached hydrogens (tertiary/aromatic N) is 5. The Bertz CT molecular complexity index is 549. The summed E-state index contributed by atoms with van der Waals surface area (Å²) in [6.45, 7) is 8.99. The molecule has 0 spiro atoms. The highest BCUT2D eigenvalue weighted by molar-refractivity contribution is 4.96. The largest absolute Gasteiger partial charge is 0.371 e. The molecule has 0 aliphatic carbocycles. The van der Waals surface area contributed by atoms with Crippen LogP contribution in [0.1, 0.15) is 57.2 Å². The summed E-state index contributed by atoms with van der Waals surface area (Å²) in [5.74, 6) is 2.85. The summed E-state index contributed by atoms with van der Waals surface area (Å²) in [7, 11) is 0. The van der Waals surface area contributed by atoms with Gasteiger partial charge in [-0.05, 0) is 13.8 Å². The average molecular weight is 279 g/mol. The zero-order valence-electron chi connectivity index (χ0n) is 12.5. The molecule has 0 aliphatic heterocycles.